The van der Waals surface area contributed by atoms with E-state index in [1.54, 1.807) is 6.33 Å². The number of nitrogen functional groups attached to an aromatic ring is 1. The summed E-state index contributed by atoms with van der Waals surface area (Å²) in [4.78, 5) is 10.9. The molecule has 0 saturated carbocycles. The number of aromatic nitrogens is 2. The number of hydrogen-bond acceptors (Lipinski definition) is 4. The molecule has 0 aliphatic heterocycles. The van der Waals surface area contributed by atoms with Gasteiger partial charge < -0.3 is 10.6 Å². The molecular weight excluding hydrogens is 260 g/mol. The van der Waals surface area contributed by atoms with E-state index in [9.17, 15) is 0 Å². The predicted octanol–water partition coefficient (Wildman–Crippen LogP) is 3.60. The highest BCUT2D eigenvalue weighted by Crippen LogP contribution is 2.31. The maximum absolute atomic E-state index is 6.08. The molecule has 0 fully saturated rings. The molecule has 2 rings (SSSR count). The van der Waals surface area contributed by atoms with Gasteiger partial charge in [-0.1, -0.05) is 44.2 Å². The lowest BCUT2D eigenvalue weighted by atomic mass is 10.0. The summed E-state index contributed by atoms with van der Waals surface area (Å²) in [5, 5.41) is 0. The Bertz CT molecular complexity index is 579. The van der Waals surface area contributed by atoms with Gasteiger partial charge in [-0.05, 0) is 25.3 Å². The van der Waals surface area contributed by atoms with Crippen molar-refractivity contribution in [3.63, 3.8) is 0 Å². The zero-order valence-electron chi connectivity index (χ0n) is 13.2. The number of nitrogens with two attached hydrogens (primary N) is 1. The molecule has 0 amide bonds. The van der Waals surface area contributed by atoms with Crippen molar-refractivity contribution in [2.45, 2.75) is 46.2 Å². The van der Waals surface area contributed by atoms with E-state index in [1.165, 1.54) is 5.56 Å². The van der Waals surface area contributed by atoms with E-state index < -0.39 is 0 Å². The maximum Gasteiger partial charge on any atom is 0.138 e. The van der Waals surface area contributed by atoms with Gasteiger partial charge in [-0.2, -0.15) is 0 Å². The zero-order valence-corrected chi connectivity index (χ0v) is 13.2. The molecule has 21 heavy (non-hydrogen) atoms. The zero-order chi connectivity index (χ0) is 15.4. The third kappa shape index (κ3) is 3.51. The Hall–Kier alpha value is -2.10. The van der Waals surface area contributed by atoms with Crippen LogP contribution in [0.4, 0.5) is 11.6 Å². The van der Waals surface area contributed by atoms with Crippen molar-refractivity contribution in [2.75, 3.05) is 10.6 Å². The largest absolute Gasteiger partial charge is 0.383 e. The monoisotopic (exact) mass is 284 g/mol. The molecule has 2 N–H and O–H groups in total. The molecule has 0 spiro atoms. The first-order chi connectivity index (χ1) is 10.0. The summed E-state index contributed by atoms with van der Waals surface area (Å²) < 4.78 is 0. The van der Waals surface area contributed by atoms with Crippen LogP contribution >= 0.6 is 0 Å². The highest BCUT2D eigenvalue weighted by Gasteiger charge is 2.20. The molecule has 1 aromatic carbocycles. The number of rotatable bonds is 5. The standard InChI is InChI=1S/C17H24N4/c1-12(2)15-16(18)19-11-20-17(15)21(13(3)4)10-14-8-6-5-7-9-14/h5-9,11-13H,10H2,1-4H3,(H2,18,19,20). The van der Waals surface area contributed by atoms with E-state index in [0.717, 1.165) is 17.9 Å². The summed E-state index contributed by atoms with van der Waals surface area (Å²) in [5.41, 5.74) is 8.37. The van der Waals surface area contributed by atoms with Crippen LogP contribution in [0, 0.1) is 0 Å². The summed E-state index contributed by atoms with van der Waals surface area (Å²) in [6.07, 6.45) is 1.55. The average molecular weight is 284 g/mol. The minimum absolute atomic E-state index is 0.290. The van der Waals surface area contributed by atoms with Crippen molar-refractivity contribution in [1.29, 1.82) is 0 Å². The molecule has 112 valence electrons. The van der Waals surface area contributed by atoms with Crippen LogP contribution < -0.4 is 10.6 Å². The van der Waals surface area contributed by atoms with E-state index in [2.05, 4.69) is 66.8 Å². The summed E-state index contributed by atoms with van der Waals surface area (Å²) in [7, 11) is 0. The van der Waals surface area contributed by atoms with Gasteiger partial charge in [-0.3, -0.25) is 0 Å². The van der Waals surface area contributed by atoms with Crippen LogP contribution in [-0.2, 0) is 6.54 Å². The van der Waals surface area contributed by atoms with Gasteiger partial charge in [0.15, 0.2) is 0 Å². The average Bonchev–Trinajstić information content (AvgIpc) is 2.45. The molecule has 0 atom stereocenters. The molecule has 2 aromatic rings. The van der Waals surface area contributed by atoms with Crippen LogP contribution in [0.25, 0.3) is 0 Å². The fourth-order valence-corrected chi connectivity index (χ4v) is 2.46. The minimum atomic E-state index is 0.290. The second-order valence-electron chi connectivity index (χ2n) is 5.86. The number of nitrogens with zero attached hydrogens (tertiary/aromatic N) is 3. The van der Waals surface area contributed by atoms with Gasteiger partial charge in [0.1, 0.15) is 18.0 Å². The van der Waals surface area contributed by atoms with Crippen LogP contribution in [0.2, 0.25) is 0 Å². The molecular formula is C17H24N4. The SMILES string of the molecule is CC(C)c1c(N)ncnc1N(Cc1ccccc1)C(C)C. The Morgan fingerprint density at radius 1 is 1.05 bits per heavy atom. The quantitative estimate of drug-likeness (QED) is 0.911. The molecule has 1 aromatic heterocycles. The third-order valence-corrected chi connectivity index (χ3v) is 3.56. The molecule has 4 heteroatoms. The van der Waals surface area contributed by atoms with Crippen LogP contribution in [0.1, 0.15) is 44.7 Å². The molecule has 0 bridgehead atoms. The van der Waals surface area contributed by atoms with Crippen molar-refractivity contribution in [1.82, 2.24) is 9.97 Å². The van der Waals surface area contributed by atoms with Crippen molar-refractivity contribution in [2.24, 2.45) is 0 Å². The van der Waals surface area contributed by atoms with Gasteiger partial charge >= 0.3 is 0 Å². The van der Waals surface area contributed by atoms with Gasteiger partial charge in [0.2, 0.25) is 0 Å². The van der Waals surface area contributed by atoms with Gasteiger partial charge in [-0.15, -0.1) is 0 Å². The Kier molecular flexibility index (Phi) is 4.78. The summed E-state index contributed by atoms with van der Waals surface area (Å²) >= 11 is 0. The predicted molar refractivity (Wildman–Crippen MR) is 88.3 cm³/mol. The summed E-state index contributed by atoms with van der Waals surface area (Å²) in [5.74, 6) is 1.81. The maximum atomic E-state index is 6.08. The Labute approximate surface area is 127 Å². The number of hydrogen-bond donors (Lipinski definition) is 1. The molecule has 4 nitrogen and oxygen atoms in total. The van der Waals surface area contributed by atoms with Crippen molar-refractivity contribution >= 4 is 11.6 Å². The second-order valence-corrected chi connectivity index (χ2v) is 5.86. The minimum Gasteiger partial charge on any atom is -0.383 e. The topological polar surface area (TPSA) is 55.0 Å². The second kappa shape index (κ2) is 6.57. The van der Waals surface area contributed by atoms with Gasteiger partial charge in [0.05, 0.1) is 0 Å². The molecule has 0 unspecified atom stereocenters. The first kappa shape index (κ1) is 15.3. The fourth-order valence-electron chi connectivity index (χ4n) is 2.46. The van der Waals surface area contributed by atoms with Crippen molar-refractivity contribution < 1.29 is 0 Å². The molecule has 0 radical (unpaired) electrons. The first-order valence-electron chi connectivity index (χ1n) is 7.41. The van der Waals surface area contributed by atoms with Crippen LogP contribution in [-0.4, -0.2) is 16.0 Å². The summed E-state index contributed by atoms with van der Waals surface area (Å²) in [6, 6.07) is 10.8. The smallest absolute Gasteiger partial charge is 0.138 e. The third-order valence-electron chi connectivity index (χ3n) is 3.56. The van der Waals surface area contributed by atoms with Crippen molar-refractivity contribution in [3.8, 4) is 0 Å². The van der Waals surface area contributed by atoms with Crippen LogP contribution in [0.3, 0.4) is 0 Å². The lowest BCUT2D eigenvalue weighted by Gasteiger charge is -2.31. The number of anilines is 2. The van der Waals surface area contributed by atoms with E-state index >= 15 is 0 Å². The Balaban J connectivity index is 2.42. The molecule has 0 saturated heterocycles. The van der Waals surface area contributed by atoms with E-state index in [1.807, 2.05) is 6.07 Å². The lowest BCUT2D eigenvalue weighted by Crippen LogP contribution is -2.32. The molecule has 1 heterocycles. The van der Waals surface area contributed by atoms with Crippen LogP contribution in [0.5, 0.6) is 0 Å². The molecule has 0 aliphatic rings. The van der Waals surface area contributed by atoms with E-state index in [4.69, 9.17) is 5.73 Å². The van der Waals surface area contributed by atoms with Crippen LogP contribution in [0.15, 0.2) is 36.7 Å². The molecule has 0 aliphatic carbocycles. The summed E-state index contributed by atoms with van der Waals surface area (Å²) in [6.45, 7) is 9.41. The normalized spacial score (nSPS) is 11.1. The van der Waals surface area contributed by atoms with E-state index in [-0.39, 0.29) is 0 Å². The highest BCUT2D eigenvalue weighted by atomic mass is 15.2. The fraction of sp³-hybridized carbons (Fsp3) is 0.412. The highest BCUT2D eigenvalue weighted by molar-refractivity contribution is 5.58. The first-order valence-corrected chi connectivity index (χ1v) is 7.41. The van der Waals surface area contributed by atoms with Gasteiger partial charge in [0, 0.05) is 18.2 Å². The van der Waals surface area contributed by atoms with Crippen molar-refractivity contribution in [3.05, 3.63) is 47.8 Å². The number of benzene rings is 1. The Morgan fingerprint density at radius 2 is 1.71 bits per heavy atom. The Morgan fingerprint density at radius 3 is 2.29 bits per heavy atom. The van der Waals surface area contributed by atoms with E-state index in [0.29, 0.717) is 17.8 Å². The van der Waals surface area contributed by atoms with Gasteiger partial charge in [-0.25, -0.2) is 9.97 Å². The lowest BCUT2D eigenvalue weighted by molar-refractivity contribution is 0.661. The van der Waals surface area contributed by atoms with Gasteiger partial charge in [0.25, 0.3) is 0 Å².